The molecule has 2 unspecified atom stereocenters. The molecule has 7 heterocycles. The van der Waals surface area contributed by atoms with E-state index in [0.29, 0.717) is 5.92 Å². The number of halogens is 2. The summed E-state index contributed by atoms with van der Waals surface area (Å²) in [6, 6.07) is 0. The predicted octanol–water partition coefficient (Wildman–Crippen LogP) is 4.65. The Kier molecular flexibility index (Phi) is 11.1. The Morgan fingerprint density at radius 3 is 1.67 bits per heavy atom. The number of Topliss-reactive ketones (excluding diaryl/α,β-unsaturated/α-hetero) is 1. The highest BCUT2D eigenvalue weighted by atomic mass is 128. The van der Waals surface area contributed by atoms with Crippen molar-refractivity contribution < 1.29 is 14.6 Å². The molecule has 2 atom stereocenters. The summed E-state index contributed by atoms with van der Waals surface area (Å²) in [5.41, 5.74) is 0.213. The SMILES string of the molecule is CC(C)=O.CC1(C)OC2(CS1)CN1CCC2CC1.II.OC1(S)CN2CCC1CC2. The Bertz CT molecular complexity index is 562. The monoisotopic (exact) mass is 684 g/mol. The quantitative estimate of drug-likeness (QED) is 0.221. The molecule has 0 aromatic heterocycles. The van der Waals surface area contributed by atoms with Crippen LogP contribution in [0.15, 0.2) is 0 Å². The average Bonchev–Trinajstić information content (AvgIpc) is 2.98. The third-order valence-electron chi connectivity index (χ3n) is 6.63. The minimum atomic E-state index is -0.684. The Hall–Kier alpha value is 1.67. The van der Waals surface area contributed by atoms with Gasteiger partial charge in [-0.3, -0.25) is 4.90 Å². The van der Waals surface area contributed by atoms with Crippen LogP contribution in [0.25, 0.3) is 0 Å². The molecule has 0 amide bonds. The van der Waals surface area contributed by atoms with Crippen LogP contribution in [0, 0.1) is 11.8 Å². The number of thioether (sulfide) groups is 1. The van der Waals surface area contributed by atoms with Crippen LogP contribution in [0.4, 0.5) is 0 Å². The molecule has 30 heavy (non-hydrogen) atoms. The fourth-order valence-corrected chi connectivity index (χ4v) is 6.92. The molecule has 4 bridgehead atoms. The van der Waals surface area contributed by atoms with Gasteiger partial charge in [-0.05, 0) is 85.5 Å². The number of piperidine rings is 6. The van der Waals surface area contributed by atoms with Gasteiger partial charge in [-0.15, -0.1) is 24.4 Å². The van der Waals surface area contributed by atoms with E-state index in [4.69, 9.17) is 4.74 Å². The van der Waals surface area contributed by atoms with Crippen molar-refractivity contribution in [3.63, 3.8) is 0 Å². The summed E-state index contributed by atoms with van der Waals surface area (Å²) in [4.78, 5) is 13.7. The number of thiol groups is 1. The molecule has 0 saturated carbocycles. The summed E-state index contributed by atoms with van der Waals surface area (Å²) in [5.74, 6) is 2.66. The van der Waals surface area contributed by atoms with Gasteiger partial charge in [0.15, 0.2) is 0 Å². The summed E-state index contributed by atoms with van der Waals surface area (Å²) >= 11 is 10.5. The molecule has 9 heteroatoms. The van der Waals surface area contributed by atoms with Crippen molar-refractivity contribution in [2.75, 3.05) is 45.0 Å². The highest BCUT2D eigenvalue weighted by Crippen LogP contribution is 2.50. The molecular weight excluding hydrogens is 646 g/mol. The Morgan fingerprint density at radius 1 is 1.00 bits per heavy atom. The summed E-state index contributed by atoms with van der Waals surface area (Å²) in [7, 11) is 0. The number of carbonyl (C=O) groups excluding carboxylic acids is 1. The van der Waals surface area contributed by atoms with E-state index in [1.54, 1.807) is 0 Å². The Morgan fingerprint density at radius 2 is 1.43 bits per heavy atom. The molecule has 7 rings (SSSR count). The number of fused-ring (bicyclic) bond motifs is 5. The molecule has 7 aliphatic heterocycles. The van der Waals surface area contributed by atoms with E-state index in [1.165, 1.54) is 52.1 Å². The van der Waals surface area contributed by atoms with Crippen LogP contribution in [0.1, 0.15) is 53.4 Å². The summed E-state index contributed by atoms with van der Waals surface area (Å²) < 4.78 is 6.33. The minimum absolute atomic E-state index is 0.0542. The van der Waals surface area contributed by atoms with Gasteiger partial charge in [0, 0.05) is 62.0 Å². The van der Waals surface area contributed by atoms with Crippen molar-refractivity contribution in [1.29, 1.82) is 0 Å². The van der Waals surface area contributed by atoms with Gasteiger partial charge in [-0.2, -0.15) is 0 Å². The van der Waals surface area contributed by atoms with Crippen molar-refractivity contribution in [3.8, 4) is 0 Å². The average molecular weight is 684 g/mol. The molecule has 1 spiro atoms. The maximum atomic E-state index is 9.69. The second-order valence-corrected chi connectivity index (χ2v) is 12.1. The number of hydrogen-bond donors (Lipinski definition) is 2. The second-order valence-electron chi connectivity index (χ2n) is 9.74. The van der Waals surface area contributed by atoms with E-state index >= 15 is 0 Å². The van der Waals surface area contributed by atoms with Crippen LogP contribution < -0.4 is 0 Å². The molecule has 0 aromatic rings. The smallest absolute Gasteiger partial charge is 0.126 e. The molecule has 1 N–H and O–H groups in total. The predicted molar refractivity (Wildman–Crippen MR) is 147 cm³/mol. The largest absolute Gasteiger partial charge is 0.378 e. The highest BCUT2D eigenvalue weighted by molar-refractivity contribution is 15.0. The fourth-order valence-electron chi connectivity index (χ4n) is 5.26. The van der Waals surface area contributed by atoms with Gasteiger partial charge >= 0.3 is 0 Å². The number of carbonyl (C=O) groups is 1. The molecular formula is C21H38I2N2O3S2. The van der Waals surface area contributed by atoms with Gasteiger partial charge in [0.25, 0.3) is 0 Å². The Balaban J connectivity index is 0.000000176. The van der Waals surface area contributed by atoms with Crippen molar-refractivity contribution >= 4 is 67.4 Å². The molecule has 5 nitrogen and oxygen atoms in total. The van der Waals surface area contributed by atoms with Crippen LogP contribution in [0.3, 0.4) is 0 Å². The van der Waals surface area contributed by atoms with Gasteiger partial charge in [0.2, 0.25) is 0 Å². The van der Waals surface area contributed by atoms with E-state index in [1.807, 2.05) is 11.8 Å². The van der Waals surface area contributed by atoms with Crippen LogP contribution in [-0.4, -0.2) is 81.2 Å². The van der Waals surface area contributed by atoms with Crippen LogP contribution in [0.2, 0.25) is 0 Å². The molecule has 0 radical (unpaired) electrons. The zero-order valence-electron chi connectivity index (χ0n) is 18.7. The molecule has 7 fully saturated rings. The first-order chi connectivity index (χ1) is 14.0. The van der Waals surface area contributed by atoms with Gasteiger partial charge in [0.1, 0.15) is 15.6 Å². The number of ketones is 1. The first-order valence-electron chi connectivity index (χ1n) is 10.9. The van der Waals surface area contributed by atoms with Gasteiger partial charge in [-0.1, -0.05) is 0 Å². The third kappa shape index (κ3) is 7.59. The zero-order valence-corrected chi connectivity index (χ0v) is 24.7. The number of hydrogen-bond acceptors (Lipinski definition) is 7. The molecule has 0 aromatic carbocycles. The number of aliphatic hydroxyl groups is 1. The maximum absolute atomic E-state index is 9.69. The van der Waals surface area contributed by atoms with E-state index in [-0.39, 0.29) is 16.3 Å². The third-order valence-corrected chi connectivity index (χ3v) is 8.55. The lowest BCUT2D eigenvalue weighted by Gasteiger charge is -2.51. The van der Waals surface area contributed by atoms with Crippen molar-refractivity contribution in [2.24, 2.45) is 11.8 Å². The standard InChI is InChI=1S/C11H19NOS.C7H13NOS.C3H6O.I2/c1-10(2)13-11(8-14-10)7-12-5-3-9(11)4-6-12;9-7(10)5-8-3-1-6(7)2-4-8;1-3(2)4;1-2/h9H,3-8H2,1-2H3;6,9-10H,1-5H2;1-2H3;. The number of rotatable bonds is 0. The van der Waals surface area contributed by atoms with Crippen molar-refractivity contribution in [2.45, 2.75) is 68.8 Å². The molecule has 176 valence electrons. The number of nitrogens with zero attached hydrogens (tertiary/aromatic N) is 2. The normalized spacial score (nSPS) is 42.3. The van der Waals surface area contributed by atoms with E-state index in [9.17, 15) is 9.90 Å². The summed E-state index contributed by atoms with van der Waals surface area (Å²) in [6.45, 7) is 14.4. The first-order valence-corrected chi connectivity index (χ1v) is 18.6. The van der Waals surface area contributed by atoms with Crippen molar-refractivity contribution in [1.82, 2.24) is 9.80 Å². The van der Waals surface area contributed by atoms with E-state index in [2.05, 4.69) is 73.5 Å². The van der Waals surface area contributed by atoms with Crippen molar-refractivity contribution in [3.05, 3.63) is 0 Å². The van der Waals surface area contributed by atoms with Gasteiger partial charge in [0.05, 0.1) is 5.60 Å². The summed E-state index contributed by atoms with van der Waals surface area (Å²) in [6.07, 6.45) is 4.97. The fraction of sp³-hybridized carbons (Fsp3) is 0.952. The maximum Gasteiger partial charge on any atom is 0.126 e. The molecule has 7 saturated heterocycles. The lowest BCUT2D eigenvalue weighted by atomic mass is 9.76. The summed E-state index contributed by atoms with van der Waals surface area (Å²) in [5, 5.41) is 9.69. The van der Waals surface area contributed by atoms with E-state index < -0.39 is 4.93 Å². The number of ether oxygens (including phenoxy) is 1. The topological polar surface area (TPSA) is 53.0 Å². The molecule has 0 aliphatic carbocycles. The molecule has 7 aliphatic rings. The lowest BCUT2D eigenvalue weighted by Crippen LogP contribution is -2.60. The van der Waals surface area contributed by atoms with E-state index in [0.717, 1.165) is 38.4 Å². The first kappa shape index (κ1) is 27.9. The van der Waals surface area contributed by atoms with Crippen LogP contribution in [-0.2, 0) is 9.53 Å². The zero-order chi connectivity index (χ0) is 22.6. The minimum Gasteiger partial charge on any atom is -0.378 e. The highest BCUT2D eigenvalue weighted by Gasteiger charge is 2.54. The van der Waals surface area contributed by atoms with Gasteiger partial charge < -0.3 is 19.5 Å². The second kappa shape index (κ2) is 11.9. The van der Waals surface area contributed by atoms with Crippen LogP contribution in [0.5, 0.6) is 0 Å². The Labute approximate surface area is 215 Å². The van der Waals surface area contributed by atoms with Crippen LogP contribution >= 0.6 is 61.6 Å². The lowest BCUT2D eigenvalue weighted by molar-refractivity contribution is -0.157. The van der Waals surface area contributed by atoms with Gasteiger partial charge in [-0.25, -0.2) is 0 Å².